The van der Waals surface area contributed by atoms with E-state index in [2.05, 4.69) is 31.3 Å². The molecule has 0 spiro atoms. The Morgan fingerprint density at radius 3 is 1.56 bits per heavy atom. The van der Waals surface area contributed by atoms with Gasteiger partial charge in [-0.15, -0.1) is 0 Å². The number of aliphatic hydroxyl groups excluding tert-OH is 8. The van der Waals surface area contributed by atoms with Crippen LogP contribution in [0.5, 0.6) is 0 Å². The molecule has 0 bridgehead atoms. The van der Waals surface area contributed by atoms with Gasteiger partial charge in [0.2, 0.25) is 5.91 Å². The van der Waals surface area contributed by atoms with E-state index in [4.69, 9.17) is 18.9 Å². The predicted molar refractivity (Wildman–Crippen MR) is 245 cm³/mol. The van der Waals surface area contributed by atoms with Gasteiger partial charge in [-0.3, -0.25) is 4.79 Å². The number of carbonyl (C=O) groups excluding carboxylic acids is 1. The van der Waals surface area contributed by atoms with Crippen molar-refractivity contribution in [2.45, 2.75) is 261 Å². The Balaban J connectivity index is 1.85. The maximum atomic E-state index is 13.1. The van der Waals surface area contributed by atoms with E-state index in [-0.39, 0.29) is 18.9 Å². The smallest absolute Gasteiger partial charge is 0.220 e. The molecule has 12 unspecified atom stereocenters. The molecule has 0 aromatic heterocycles. The highest BCUT2D eigenvalue weighted by Crippen LogP contribution is 2.30. The Kier molecular flexibility index (Phi) is 33.4. The Labute approximate surface area is 379 Å². The van der Waals surface area contributed by atoms with Crippen LogP contribution in [0.15, 0.2) is 24.3 Å². The number of ether oxygens (including phenoxy) is 4. The number of rotatable bonds is 38. The number of carbonyl (C=O) groups is 1. The van der Waals surface area contributed by atoms with Gasteiger partial charge < -0.3 is 65.1 Å². The first kappa shape index (κ1) is 57.6. The van der Waals surface area contributed by atoms with Crippen LogP contribution in [0.25, 0.3) is 0 Å². The summed E-state index contributed by atoms with van der Waals surface area (Å²) in [5.74, 6) is -0.251. The molecule has 12 atom stereocenters. The summed E-state index contributed by atoms with van der Waals surface area (Å²) in [4.78, 5) is 13.1. The number of amides is 1. The molecule has 2 rings (SSSR count). The van der Waals surface area contributed by atoms with Crippen LogP contribution >= 0.6 is 0 Å². The van der Waals surface area contributed by atoms with Crippen LogP contribution in [0.1, 0.15) is 187 Å². The lowest BCUT2D eigenvalue weighted by molar-refractivity contribution is -0.359. The molecule has 2 saturated heterocycles. The summed E-state index contributed by atoms with van der Waals surface area (Å²) in [6.07, 6.45) is 22.2. The SMILES string of the molecule is CCCC/C=C\CCCCCCCC(=O)NC(COC1OC(CO)C(OC2OC(CO)C(O)C(O)C2O)C(O)C1O)C(O)/C=C/CCCCCCCCCCCCCCCCCC. The van der Waals surface area contributed by atoms with E-state index in [9.17, 15) is 45.6 Å². The largest absolute Gasteiger partial charge is 0.394 e. The predicted octanol–water partition coefficient (Wildman–Crippen LogP) is 6.16. The highest BCUT2D eigenvalue weighted by Gasteiger charge is 2.51. The minimum atomic E-state index is -1.79. The Hall–Kier alpha value is -1.53. The second-order valence-corrected chi connectivity index (χ2v) is 17.9. The number of hydrogen-bond acceptors (Lipinski definition) is 13. The molecule has 2 fully saturated rings. The van der Waals surface area contributed by atoms with Crippen LogP contribution in [0.3, 0.4) is 0 Å². The van der Waals surface area contributed by atoms with Crippen molar-refractivity contribution in [1.29, 1.82) is 0 Å². The summed E-state index contributed by atoms with van der Waals surface area (Å²) >= 11 is 0. The lowest BCUT2D eigenvalue weighted by atomic mass is 9.97. The number of allylic oxidation sites excluding steroid dienone is 3. The molecule has 63 heavy (non-hydrogen) atoms. The molecule has 2 aliphatic rings. The Morgan fingerprint density at radius 2 is 1.02 bits per heavy atom. The third kappa shape index (κ3) is 24.2. The van der Waals surface area contributed by atoms with Crippen LogP contribution in [0.2, 0.25) is 0 Å². The van der Waals surface area contributed by atoms with Gasteiger partial charge in [-0.2, -0.15) is 0 Å². The normalized spacial score (nSPS) is 27.7. The summed E-state index contributed by atoms with van der Waals surface area (Å²) in [5.41, 5.74) is 0. The maximum Gasteiger partial charge on any atom is 0.220 e. The van der Waals surface area contributed by atoms with Crippen molar-refractivity contribution in [3.05, 3.63) is 24.3 Å². The van der Waals surface area contributed by atoms with Crippen LogP contribution in [-0.2, 0) is 23.7 Å². The fraction of sp³-hybridized carbons (Fsp3) is 0.898. The van der Waals surface area contributed by atoms with E-state index in [0.717, 1.165) is 57.8 Å². The zero-order valence-electron chi connectivity index (χ0n) is 39.1. The zero-order chi connectivity index (χ0) is 46.1. The average Bonchev–Trinajstić information content (AvgIpc) is 3.28. The molecular formula is C49H91NO13. The first-order valence-electron chi connectivity index (χ1n) is 25.1. The third-order valence-corrected chi connectivity index (χ3v) is 12.4. The molecule has 370 valence electrons. The van der Waals surface area contributed by atoms with Crippen molar-refractivity contribution in [2.24, 2.45) is 0 Å². The molecule has 0 aromatic carbocycles. The maximum absolute atomic E-state index is 13.1. The minimum Gasteiger partial charge on any atom is -0.394 e. The van der Waals surface area contributed by atoms with Gasteiger partial charge in [-0.1, -0.05) is 167 Å². The van der Waals surface area contributed by atoms with Gasteiger partial charge in [-0.05, 0) is 38.5 Å². The topological polar surface area (TPSA) is 228 Å². The van der Waals surface area contributed by atoms with E-state index in [1.807, 2.05) is 6.08 Å². The van der Waals surface area contributed by atoms with Gasteiger partial charge in [0.1, 0.15) is 48.8 Å². The number of unbranched alkanes of at least 4 members (excludes halogenated alkanes) is 23. The fourth-order valence-electron chi connectivity index (χ4n) is 8.21. The van der Waals surface area contributed by atoms with E-state index in [0.29, 0.717) is 6.42 Å². The molecule has 0 radical (unpaired) electrons. The molecule has 14 heteroatoms. The summed E-state index contributed by atoms with van der Waals surface area (Å²) in [7, 11) is 0. The first-order chi connectivity index (χ1) is 30.6. The van der Waals surface area contributed by atoms with Gasteiger partial charge in [-0.25, -0.2) is 0 Å². The lowest BCUT2D eigenvalue weighted by Crippen LogP contribution is -2.65. The Morgan fingerprint density at radius 1 is 0.556 bits per heavy atom. The monoisotopic (exact) mass is 902 g/mol. The van der Waals surface area contributed by atoms with Crippen molar-refractivity contribution < 1.29 is 64.6 Å². The second-order valence-electron chi connectivity index (χ2n) is 17.9. The molecule has 0 saturated carbocycles. The first-order valence-corrected chi connectivity index (χ1v) is 25.1. The quantitative estimate of drug-likeness (QED) is 0.0250. The highest BCUT2D eigenvalue weighted by molar-refractivity contribution is 5.76. The highest BCUT2D eigenvalue weighted by atomic mass is 16.7. The van der Waals surface area contributed by atoms with Crippen LogP contribution in [0, 0.1) is 0 Å². The second kappa shape index (κ2) is 36.6. The van der Waals surface area contributed by atoms with Crippen molar-refractivity contribution in [2.75, 3.05) is 19.8 Å². The van der Waals surface area contributed by atoms with Crippen LogP contribution in [-0.4, -0.2) is 140 Å². The molecule has 0 aromatic rings. The van der Waals surface area contributed by atoms with Crippen LogP contribution in [0.4, 0.5) is 0 Å². The number of nitrogens with one attached hydrogen (secondary N) is 1. The molecule has 1 amide bonds. The van der Waals surface area contributed by atoms with Crippen molar-refractivity contribution in [3.63, 3.8) is 0 Å². The number of aliphatic hydroxyl groups is 8. The van der Waals surface area contributed by atoms with Crippen molar-refractivity contribution >= 4 is 5.91 Å². The summed E-state index contributed by atoms with van der Waals surface area (Å²) in [6, 6.07) is -0.914. The van der Waals surface area contributed by atoms with Crippen molar-refractivity contribution in [3.8, 4) is 0 Å². The van der Waals surface area contributed by atoms with E-state index < -0.39 is 86.8 Å². The minimum absolute atomic E-state index is 0.251. The van der Waals surface area contributed by atoms with E-state index in [1.165, 1.54) is 103 Å². The molecular weight excluding hydrogens is 811 g/mol. The molecule has 0 aliphatic carbocycles. The van der Waals surface area contributed by atoms with Gasteiger partial charge >= 0.3 is 0 Å². The van der Waals surface area contributed by atoms with Gasteiger partial charge in [0.05, 0.1) is 32.0 Å². The summed E-state index contributed by atoms with van der Waals surface area (Å²) in [5, 5.41) is 86.6. The molecule has 2 heterocycles. The summed E-state index contributed by atoms with van der Waals surface area (Å²) in [6.45, 7) is 2.73. The standard InChI is InChI=1S/C49H91NO13/c1-3-5-7-9-11-13-15-16-17-18-19-20-21-23-24-26-28-30-32-38(53)37(50-41(54)33-31-29-27-25-22-14-12-10-8-6-4-2)36-60-48-46(59)44(57)47(40(35-52)62-48)63-49-45(58)43(56)42(55)39(34-51)61-49/h10,12,30,32,37-40,42-49,51-53,55-59H,3-9,11,13-29,31,33-36H2,1-2H3,(H,50,54)/b12-10-,32-30+. The Bertz CT molecular complexity index is 1160. The van der Waals surface area contributed by atoms with Gasteiger partial charge in [0, 0.05) is 6.42 Å². The van der Waals surface area contributed by atoms with E-state index in [1.54, 1.807) is 6.08 Å². The molecule has 14 nitrogen and oxygen atoms in total. The fourth-order valence-corrected chi connectivity index (χ4v) is 8.21. The zero-order valence-corrected chi connectivity index (χ0v) is 39.1. The van der Waals surface area contributed by atoms with Crippen molar-refractivity contribution in [1.82, 2.24) is 5.32 Å². The molecule has 9 N–H and O–H groups in total. The molecule has 2 aliphatic heterocycles. The average molecular weight is 902 g/mol. The lowest BCUT2D eigenvalue weighted by Gasteiger charge is -2.46. The van der Waals surface area contributed by atoms with E-state index >= 15 is 0 Å². The van der Waals surface area contributed by atoms with Gasteiger partial charge in [0.15, 0.2) is 12.6 Å². The van der Waals surface area contributed by atoms with Crippen LogP contribution < -0.4 is 5.32 Å². The number of hydrogen-bond donors (Lipinski definition) is 9. The third-order valence-electron chi connectivity index (χ3n) is 12.4. The summed E-state index contributed by atoms with van der Waals surface area (Å²) < 4.78 is 22.7. The van der Waals surface area contributed by atoms with Gasteiger partial charge in [0.25, 0.3) is 0 Å².